The van der Waals surface area contributed by atoms with Gasteiger partial charge < -0.3 is 19.5 Å². The van der Waals surface area contributed by atoms with Gasteiger partial charge in [0.05, 0.1) is 13.2 Å². The maximum atomic E-state index is 10.9. The van der Waals surface area contributed by atoms with Gasteiger partial charge in [0.2, 0.25) is 6.41 Å². The molecule has 7 nitrogen and oxygen atoms in total. The fraction of sp³-hybridized carbons (Fsp3) is 0.650. The van der Waals surface area contributed by atoms with Gasteiger partial charge in [0, 0.05) is 52.4 Å². The fourth-order valence-corrected chi connectivity index (χ4v) is 3.57. The van der Waals surface area contributed by atoms with Crippen molar-refractivity contribution in [1.82, 2.24) is 14.7 Å². The minimum absolute atomic E-state index is 0.290. The molecule has 1 aromatic rings. The smallest absolute Gasteiger partial charge is 0.209 e. The number of β-amino-alcohol motifs (C(OH)–C–C–N with tert-alkyl or cyclic N) is 1. The number of hydrogen-bond acceptors (Lipinski definition) is 6. The number of morpholine rings is 1. The number of carbonyl (C=O) groups excluding carboxylic acids is 1. The van der Waals surface area contributed by atoms with Crippen LogP contribution in [0.4, 0.5) is 0 Å². The first kappa shape index (κ1) is 20.1. The van der Waals surface area contributed by atoms with Crippen molar-refractivity contribution >= 4 is 6.41 Å². The molecule has 1 N–H and O–H groups in total. The van der Waals surface area contributed by atoms with Crippen LogP contribution in [0.15, 0.2) is 24.3 Å². The van der Waals surface area contributed by atoms with Crippen molar-refractivity contribution in [2.75, 3.05) is 65.6 Å². The van der Waals surface area contributed by atoms with E-state index in [1.165, 1.54) is 5.56 Å². The summed E-state index contributed by atoms with van der Waals surface area (Å²) in [4.78, 5) is 17.4. The molecule has 0 spiro atoms. The lowest BCUT2D eigenvalue weighted by Crippen LogP contribution is -2.42. The van der Waals surface area contributed by atoms with Crippen LogP contribution in [0.2, 0.25) is 0 Å². The number of carbonyl (C=O) groups is 1. The number of hydrogen-bond donors (Lipinski definition) is 1. The van der Waals surface area contributed by atoms with Gasteiger partial charge in [0.1, 0.15) is 18.5 Å². The van der Waals surface area contributed by atoms with Gasteiger partial charge in [-0.15, -0.1) is 0 Å². The first-order chi connectivity index (χ1) is 13.2. The summed E-state index contributed by atoms with van der Waals surface area (Å²) in [6.07, 6.45) is 1.44. The maximum Gasteiger partial charge on any atom is 0.209 e. The Kier molecular flexibility index (Phi) is 7.89. The molecule has 150 valence electrons. The first-order valence-corrected chi connectivity index (χ1v) is 9.84. The van der Waals surface area contributed by atoms with Gasteiger partial charge in [-0.1, -0.05) is 12.1 Å². The highest BCUT2D eigenvalue weighted by Crippen LogP contribution is 2.16. The number of aliphatic hydroxyl groups excluding tert-OH is 1. The van der Waals surface area contributed by atoms with E-state index in [0.717, 1.165) is 77.6 Å². The van der Waals surface area contributed by atoms with Crippen molar-refractivity contribution in [3.05, 3.63) is 29.8 Å². The van der Waals surface area contributed by atoms with Crippen LogP contribution in [0.5, 0.6) is 5.75 Å². The molecule has 1 aromatic carbocycles. The van der Waals surface area contributed by atoms with E-state index in [0.29, 0.717) is 13.2 Å². The van der Waals surface area contributed by atoms with E-state index in [1.54, 1.807) is 0 Å². The van der Waals surface area contributed by atoms with E-state index in [1.807, 2.05) is 23.1 Å². The van der Waals surface area contributed by atoms with E-state index < -0.39 is 6.10 Å². The van der Waals surface area contributed by atoms with Crippen molar-refractivity contribution in [2.45, 2.75) is 19.1 Å². The van der Waals surface area contributed by atoms with Crippen LogP contribution in [0, 0.1) is 0 Å². The predicted molar refractivity (Wildman–Crippen MR) is 103 cm³/mol. The van der Waals surface area contributed by atoms with Crippen LogP contribution in [0.25, 0.3) is 0 Å². The first-order valence-electron chi connectivity index (χ1n) is 9.84. The third-order valence-corrected chi connectivity index (χ3v) is 5.09. The largest absolute Gasteiger partial charge is 0.491 e. The molecular weight excluding hydrogens is 346 g/mol. The number of aliphatic hydroxyl groups is 1. The third kappa shape index (κ3) is 6.77. The van der Waals surface area contributed by atoms with Crippen molar-refractivity contribution < 1.29 is 19.4 Å². The van der Waals surface area contributed by atoms with E-state index in [4.69, 9.17) is 9.47 Å². The second kappa shape index (κ2) is 10.6. The summed E-state index contributed by atoms with van der Waals surface area (Å²) in [5.74, 6) is 0.790. The molecule has 3 rings (SSSR count). The average Bonchev–Trinajstić information content (AvgIpc) is 2.92. The Morgan fingerprint density at radius 2 is 1.96 bits per heavy atom. The highest BCUT2D eigenvalue weighted by Gasteiger charge is 2.16. The molecular formula is C20H31N3O4. The summed E-state index contributed by atoms with van der Waals surface area (Å²) in [6.45, 7) is 8.46. The Bertz CT molecular complexity index is 580. The lowest BCUT2D eigenvalue weighted by Gasteiger charge is -2.28. The van der Waals surface area contributed by atoms with Gasteiger partial charge >= 0.3 is 0 Å². The molecule has 0 radical (unpaired) electrons. The predicted octanol–water partition coefficient (Wildman–Crippen LogP) is 0.423. The van der Waals surface area contributed by atoms with Crippen molar-refractivity contribution in [2.24, 2.45) is 0 Å². The molecule has 0 aromatic heterocycles. The van der Waals surface area contributed by atoms with Crippen molar-refractivity contribution in [3.8, 4) is 5.75 Å². The zero-order valence-electron chi connectivity index (χ0n) is 16.0. The molecule has 27 heavy (non-hydrogen) atoms. The minimum atomic E-state index is -0.508. The number of amides is 1. The molecule has 2 aliphatic heterocycles. The molecule has 1 amide bonds. The molecule has 0 bridgehead atoms. The SMILES string of the molecule is O=CN1CCCN(Cc2cccc(OCC(O)CN3CCOCC3)c2)CC1. The number of benzene rings is 1. The normalized spacial score (nSPS) is 20.9. The van der Waals surface area contributed by atoms with Crippen LogP contribution >= 0.6 is 0 Å². The third-order valence-electron chi connectivity index (χ3n) is 5.09. The number of nitrogens with zero attached hydrogens (tertiary/aromatic N) is 3. The van der Waals surface area contributed by atoms with Gasteiger partial charge in [0.25, 0.3) is 0 Å². The Balaban J connectivity index is 1.44. The molecule has 2 saturated heterocycles. The van der Waals surface area contributed by atoms with E-state index in [2.05, 4.69) is 15.9 Å². The molecule has 0 aliphatic carbocycles. The Morgan fingerprint density at radius 1 is 1.11 bits per heavy atom. The van der Waals surface area contributed by atoms with Crippen LogP contribution in [0.3, 0.4) is 0 Å². The quantitative estimate of drug-likeness (QED) is 0.663. The van der Waals surface area contributed by atoms with Gasteiger partial charge in [-0.3, -0.25) is 14.6 Å². The summed E-state index contributed by atoms with van der Waals surface area (Å²) in [5, 5.41) is 10.2. The van der Waals surface area contributed by atoms with Crippen molar-refractivity contribution in [1.29, 1.82) is 0 Å². The summed E-state index contributed by atoms with van der Waals surface area (Å²) >= 11 is 0. The molecule has 0 saturated carbocycles. The monoisotopic (exact) mass is 377 g/mol. The topological polar surface area (TPSA) is 65.5 Å². The molecule has 1 atom stereocenters. The van der Waals surface area contributed by atoms with Gasteiger partial charge in [-0.05, 0) is 24.1 Å². The zero-order chi connectivity index (χ0) is 18.9. The van der Waals surface area contributed by atoms with Crippen LogP contribution in [0.1, 0.15) is 12.0 Å². The highest BCUT2D eigenvalue weighted by molar-refractivity contribution is 5.46. The summed E-state index contributed by atoms with van der Waals surface area (Å²) in [7, 11) is 0. The van der Waals surface area contributed by atoms with Crippen LogP contribution in [-0.4, -0.2) is 98.0 Å². The van der Waals surface area contributed by atoms with Crippen LogP contribution in [-0.2, 0) is 16.1 Å². The molecule has 7 heteroatoms. The zero-order valence-corrected chi connectivity index (χ0v) is 16.0. The van der Waals surface area contributed by atoms with Crippen LogP contribution < -0.4 is 4.74 Å². The molecule has 2 heterocycles. The van der Waals surface area contributed by atoms with Gasteiger partial charge in [-0.25, -0.2) is 0 Å². The van der Waals surface area contributed by atoms with E-state index in [9.17, 15) is 9.90 Å². The minimum Gasteiger partial charge on any atom is -0.491 e. The second-order valence-electron chi connectivity index (χ2n) is 7.30. The Morgan fingerprint density at radius 3 is 2.78 bits per heavy atom. The van der Waals surface area contributed by atoms with Gasteiger partial charge in [0.15, 0.2) is 0 Å². The summed E-state index contributed by atoms with van der Waals surface area (Å²) < 4.78 is 11.1. The second-order valence-corrected chi connectivity index (χ2v) is 7.30. The lowest BCUT2D eigenvalue weighted by atomic mass is 10.2. The fourth-order valence-electron chi connectivity index (χ4n) is 3.57. The molecule has 2 aliphatic rings. The molecule has 2 fully saturated rings. The van der Waals surface area contributed by atoms with Crippen molar-refractivity contribution in [3.63, 3.8) is 0 Å². The highest BCUT2D eigenvalue weighted by atomic mass is 16.5. The summed E-state index contributed by atoms with van der Waals surface area (Å²) in [5.41, 5.74) is 1.19. The Hall–Kier alpha value is -1.67. The van der Waals surface area contributed by atoms with E-state index in [-0.39, 0.29) is 0 Å². The van der Waals surface area contributed by atoms with Gasteiger partial charge in [-0.2, -0.15) is 0 Å². The number of ether oxygens (including phenoxy) is 2. The average molecular weight is 377 g/mol. The standard InChI is InChI=1S/C20H31N3O4/c24-17-23-6-2-5-21(7-8-23)14-18-3-1-4-20(13-18)27-16-19(25)15-22-9-11-26-12-10-22/h1,3-4,13,17,19,25H,2,5-12,14-16H2. The lowest BCUT2D eigenvalue weighted by molar-refractivity contribution is -0.118. The maximum absolute atomic E-state index is 10.9. The number of rotatable bonds is 8. The Labute approximate surface area is 161 Å². The molecule has 1 unspecified atom stereocenters. The summed E-state index contributed by atoms with van der Waals surface area (Å²) in [6, 6.07) is 8.07. The van der Waals surface area contributed by atoms with E-state index >= 15 is 0 Å².